The van der Waals surface area contributed by atoms with Crippen molar-refractivity contribution in [3.63, 3.8) is 0 Å². The molecule has 0 unspecified atom stereocenters. The third kappa shape index (κ3) is 1.99. The Bertz CT molecular complexity index is 680. The molecule has 1 saturated heterocycles. The predicted octanol–water partition coefficient (Wildman–Crippen LogP) is 1.57. The molecule has 0 bridgehead atoms. The number of urea groups is 1. The van der Waals surface area contributed by atoms with Crippen LogP contribution in [0.25, 0.3) is 11.3 Å². The van der Waals surface area contributed by atoms with Crippen molar-refractivity contribution in [2.45, 2.75) is 0 Å². The number of para-hydroxylation sites is 1. The Labute approximate surface area is 113 Å². The molecule has 102 valence electrons. The van der Waals surface area contributed by atoms with Crippen LogP contribution in [-0.4, -0.2) is 35.4 Å². The normalized spacial score (nSPS) is 14.4. The maximum Gasteiger partial charge on any atom is 0.374 e. The van der Waals surface area contributed by atoms with Gasteiger partial charge in [-0.25, -0.2) is 9.59 Å². The van der Waals surface area contributed by atoms with Gasteiger partial charge in [0.25, 0.3) is 0 Å². The highest BCUT2D eigenvalue weighted by molar-refractivity contribution is 5.98. The number of carboxylic acid groups (broad SMARTS) is 1. The molecule has 0 saturated carbocycles. The molecule has 2 amide bonds. The number of hydrogen-bond acceptors (Lipinski definition) is 4. The lowest BCUT2D eigenvalue weighted by Crippen LogP contribution is -2.28. The first-order chi connectivity index (χ1) is 9.66. The molecule has 0 aliphatic carbocycles. The third-order valence-electron chi connectivity index (χ3n) is 3.05. The molecule has 1 fully saturated rings. The van der Waals surface area contributed by atoms with Gasteiger partial charge in [0.05, 0.1) is 5.69 Å². The zero-order valence-corrected chi connectivity index (χ0v) is 10.4. The van der Waals surface area contributed by atoms with Gasteiger partial charge in [0.2, 0.25) is 5.76 Å². The summed E-state index contributed by atoms with van der Waals surface area (Å²) in [6.07, 6.45) is 0. The number of rotatable bonds is 3. The molecule has 1 aliphatic rings. The van der Waals surface area contributed by atoms with E-state index in [0.29, 0.717) is 30.0 Å². The van der Waals surface area contributed by atoms with Gasteiger partial charge in [-0.05, 0) is 6.07 Å². The fourth-order valence-electron chi connectivity index (χ4n) is 2.13. The van der Waals surface area contributed by atoms with Crippen molar-refractivity contribution in [1.82, 2.24) is 10.5 Å². The predicted molar refractivity (Wildman–Crippen MR) is 69.6 cm³/mol. The van der Waals surface area contributed by atoms with Gasteiger partial charge >= 0.3 is 12.0 Å². The molecule has 3 rings (SSSR count). The van der Waals surface area contributed by atoms with E-state index in [1.165, 1.54) is 6.07 Å². The second kappa shape index (κ2) is 4.69. The fraction of sp³-hybridized carbons (Fsp3) is 0.154. The van der Waals surface area contributed by atoms with E-state index >= 15 is 0 Å². The number of aromatic nitrogens is 1. The smallest absolute Gasteiger partial charge is 0.374 e. The van der Waals surface area contributed by atoms with Gasteiger partial charge in [-0.3, -0.25) is 4.90 Å². The first-order valence-electron chi connectivity index (χ1n) is 6.01. The standard InChI is InChI=1S/C13H11N3O4/c17-12(18)11-7-9(15-20-11)8-3-1-2-4-10(8)16-6-5-14-13(16)19/h1-4,7H,5-6H2,(H,14,19)(H,17,18). The van der Waals surface area contributed by atoms with Gasteiger partial charge < -0.3 is 14.9 Å². The van der Waals surface area contributed by atoms with Gasteiger partial charge in [0.1, 0.15) is 5.69 Å². The number of benzene rings is 1. The number of carboxylic acids is 1. The summed E-state index contributed by atoms with van der Waals surface area (Å²) in [4.78, 5) is 24.2. The third-order valence-corrected chi connectivity index (χ3v) is 3.05. The zero-order valence-electron chi connectivity index (χ0n) is 10.4. The number of aromatic carboxylic acids is 1. The highest BCUT2D eigenvalue weighted by Gasteiger charge is 2.25. The molecule has 2 aromatic rings. The Morgan fingerprint density at radius 3 is 2.85 bits per heavy atom. The highest BCUT2D eigenvalue weighted by atomic mass is 16.5. The van der Waals surface area contributed by atoms with Gasteiger partial charge in [0.15, 0.2) is 0 Å². The van der Waals surface area contributed by atoms with E-state index in [9.17, 15) is 9.59 Å². The van der Waals surface area contributed by atoms with E-state index < -0.39 is 5.97 Å². The Morgan fingerprint density at radius 2 is 2.20 bits per heavy atom. The van der Waals surface area contributed by atoms with Crippen molar-refractivity contribution < 1.29 is 19.2 Å². The van der Waals surface area contributed by atoms with Crippen molar-refractivity contribution in [2.24, 2.45) is 0 Å². The molecule has 1 aromatic carbocycles. The SMILES string of the molecule is O=C(O)c1cc(-c2ccccc2N2CCNC2=O)no1. The van der Waals surface area contributed by atoms with Crippen LogP contribution in [0.2, 0.25) is 0 Å². The maximum absolute atomic E-state index is 11.7. The molecule has 2 N–H and O–H groups in total. The number of carbonyl (C=O) groups is 2. The van der Waals surface area contributed by atoms with Gasteiger partial charge in [-0.1, -0.05) is 23.4 Å². The number of nitrogens with zero attached hydrogens (tertiary/aromatic N) is 2. The number of hydrogen-bond donors (Lipinski definition) is 2. The average Bonchev–Trinajstić information content (AvgIpc) is 3.07. The summed E-state index contributed by atoms with van der Waals surface area (Å²) in [5, 5.41) is 15.3. The molecule has 2 heterocycles. The molecule has 0 atom stereocenters. The largest absolute Gasteiger partial charge is 0.475 e. The molecular weight excluding hydrogens is 262 g/mol. The highest BCUT2D eigenvalue weighted by Crippen LogP contribution is 2.31. The van der Waals surface area contributed by atoms with Crippen LogP contribution in [0.15, 0.2) is 34.9 Å². The number of anilines is 1. The fourth-order valence-corrected chi connectivity index (χ4v) is 2.13. The monoisotopic (exact) mass is 273 g/mol. The summed E-state index contributed by atoms with van der Waals surface area (Å²) in [6, 6.07) is 8.32. The van der Waals surface area contributed by atoms with Crippen molar-refractivity contribution in [1.29, 1.82) is 0 Å². The van der Waals surface area contributed by atoms with Crippen LogP contribution in [0, 0.1) is 0 Å². The van der Waals surface area contributed by atoms with E-state index in [2.05, 4.69) is 10.5 Å². The number of amides is 2. The van der Waals surface area contributed by atoms with E-state index in [4.69, 9.17) is 9.63 Å². The summed E-state index contributed by atoms with van der Waals surface area (Å²) < 4.78 is 4.76. The first-order valence-corrected chi connectivity index (χ1v) is 6.01. The Hall–Kier alpha value is -2.83. The summed E-state index contributed by atoms with van der Waals surface area (Å²) in [5.74, 6) is -1.42. The first kappa shape index (κ1) is 12.2. The van der Waals surface area contributed by atoms with Crippen LogP contribution in [0.3, 0.4) is 0 Å². The molecule has 0 radical (unpaired) electrons. The summed E-state index contributed by atoms with van der Waals surface area (Å²) in [5.41, 5.74) is 1.71. The Balaban J connectivity index is 2.04. The van der Waals surface area contributed by atoms with Crippen LogP contribution < -0.4 is 10.2 Å². The molecule has 7 nitrogen and oxygen atoms in total. The molecule has 1 aliphatic heterocycles. The van der Waals surface area contributed by atoms with Crippen molar-refractivity contribution in [2.75, 3.05) is 18.0 Å². The van der Waals surface area contributed by atoms with Crippen LogP contribution in [0.5, 0.6) is 0 Å². The molecule has 1 aromatic heterocycles. The topological polar surface area (TPSA) is 95.7 Å². The minimum atomic E-state index is -1.18. The van der Waals surface area contributed by atoms with Crippen LogP contribution in [0.4, 0.5) is 10.5 Å². The lowest BCUT2D eigenvalue weighted by atomic mass is 10.1. The van der Waals surface area contributed by atoms with Gasteiger partial charge in [-0.15, -0.1) is 0 Å². The molecule has 0 spiro atoms. The van der Waals surface area contributed by atoms with E-state index in [1.54, 1.807) is 23.1 Å². The average molecular weight is 273 g/mol. The van der Waals surface area contributed by atoms with Crippen molar-refractivity contribution in [3.05, 3.63) is 36.1 Å². The summed E-state index contributed by atoms with van der Waals surface area (Å²) in [7, 11) is 0. The maximum atomic E-state index is 11.7. The lowest BCUT2D eigenvalue weighted by Gasteiger charge is -2.17. The van der Waals surface area contributed by atoms with Crippen LogP contribution in [0.1, 0.15) is 10.6 Å². The van der Waals surface area contributed by atoms with Gasteiger partial charge in [-0.2, -0.15) is 0 Å². The van der Waals surface area contributed by atoms with Gasteiger partial charge in [0, 0.05) is 24.7 Å². The molecule has 20 heavy (non-hydrogen) atoms. The number of nitrogens with one attached hydrogen (secondary N) is 1. The zero-order chi connectivity index (χ0) is 14.1. The molecule has 7 heteroatoms. The van der Waals surface area contributed by atoms with Crippen molar-refractivity contribution in [3.8, 4) is 11.3 Å². The van der Waals surface area contributed by atoms with E-state index in [0.717, 1.165) is 0 Å². The summed E-state index contributed by atoms with van der Waals surface area (Å²) >= 11 is 0. The minimum Gasteiger partial charge on any atom is -0.475 e. The Morgan fingerprint density at radius 1 is 1.40 bits per heavy atom. The lowest BCUT2D eigenvalue weighted by molar-refractivity contribution is 0.0652. The summed E-state index contributed by atoms with van der Waals surface area (Å²) in [6.45, 7) is 1.13. The second-order valence-corrected chi connectivity index (χ2v) is 4.28. The van der Waals surface area contributed by atoms with Crippen LogP contribution in [-0.2, 0) is 0 Å². The van der Waals surface area contributed by atoms with E-state index in [-0.39, 0.29) is 11.8 Å². The number of carbonyl (C=O) groups excluding carboxylic acids is 1. The van der Waals surface area contributed by atoms with Crippen molar-refractivity contribution >= 4 is 17.7 Å². The minimum absolute atomic E-state index is 0.181. The van der Waals surface area contributed by atoms with E-state index in [1.807, 2.05) is 6.07 Å². The quantitative estimate of drug-likeness (QED) is 0.884. The molecular formula is C13H11N3O4. The Kier molecular flexibility index (Phi) is 2.86. The second-order valence-electron chi connectivity index (χ2n) is 4.28. The van der Waals surface area contributed by atoms with Crippen LogP contribution >= 0.6 is 0 Å².